The molecule has 8 heteroatoms. The number of rotatable bonds is 7. The van der Waals surface area contributed by atoms with Gasteiger partial charge in [-0.2, -0.15) is 0 Å². The number of carbonyl (C=O) groups is 2. The molecular formula is C25H25IN2O5. The van der Waals surface area contributed by atoms with Gasteiger partial charge in [0.15, 0.2) is 0 Å². The first-order chi connectivity index (χ1) is 16.0. The number of aliphatic hydroxyl groups is 1. The summed E-state index contributed by atoms with van der Waals surface area (Å²) in [4.78, 5) is 28.9. The molecule has 2 saturated heterocycles. The van der Waals surface area contributed by atoms with Gasteiger partial charge in [0.05, 0.1) is 35.7 Å². The first-order valence-corrected chi connectivity index (χ1v) is 12.1. The number of halogens is 1. The van der Waals surface area contributed by atoms with Crippen molar-refractivity contribution in [2.75, 3.05) is 13.7 Å². The number of alkyl halides is 1. The van der Waals surface area contributed by atoms with E-state index in [1.165, 1.54) is 4.90 Å². The van der Waals surface area contributed by atoms with E-state index in [0.717, 1.165) is 11.1 Å². The SMILES string of the molecule is COc1ccc([C@H](CO)N2C(=O)[C@@H]3[C@@H](I)[C@H]4C=C[C@]3(O4)[C@H]2C(=O)NCc2ccccc2)cc1. The molecule has 2 aromatic carbocycles. The normalized spacial score (nSPS) is 30.4. The Bertz CT molecular complexity index is 1080. The average Bonchev–Trinajstić information content (AvgIpc) is 3.47. The first-order valence-electron chi connectivity index (χ1n) is 10.9. The fourth-order valence-electron chi connectivity index (χ4n) is 5.23. The van der Waals surface area contributed by atoms with Crippen LogP contribution < -0.4 is 10.1 Å². The first kappa shape index (κ1) is 22.4. The number of nitrogens with one attached hydrogen (secondary N) is 1. The van der Waals surface area contributed by atoms with Gasteiger partial charge < -0.3 is 24.8 Å². The van der Waals surface area contributed by atoms with Crippen LogP contribution >= 0.6 is 22.6 Å². The van der Waals surface area contributed by atoms with Gasteiger partial charge in [-0.1, -0.05) is 77.2 Å². The van der Waals surface area contributed by atoms with E-state index >= 15 is 0 Å². The third kappa shape index (κ3) is 3.55. The summed E-state index contributed by atoms with van der Waals surface area (Å²) in [6.07, 6.45) is 3.63. The summed E-state index contributed by atoms with van der Waals surface area (Å²) in [7, 11) is 1.58. The van der Waals surface area contributed by atoms with Crippen molar-refractivity contribution in [2.24, 2.45) is 5.92 Å². The zero-order valence-corrected chi connectivity index (χ0v) is 20.2. The van der Waals surface area contributed by atoms with Gasteiger partial charge in [-0.25, -0.2) is 0 Å². The predicted molar refractivity (Wildman–Crippen MR) is 130 cm³/mol. The molecule has 0 aliphatic carbocycles. The molecular weight excluding hydrogens is 535 g/mol. The van der Waals surface area contributed by atoms with Crippen molar-refractivity contribution in [3.8, 4) is 5.75 Å². The van der Waals surface area contributed by atoms with Gasteiger partial charge in [-0.05, 0) is 23.3 Å². The third-order valence-electron chi connectivity index (χ3n) is 6.80. The Morgan fingerprint density at radius 2 is 1.97 bits per heavy atom. The standard InChI is InChI=1S/C25H25IN2O5/c1-32-17-9-7-16(8-10-17)18(14-29)28-22(23(30)27-13-15-5-3-2-4-6-15)25-12-11-19(33-25)21(26)20(25)24(28)31/h2-12,18-22,29H,13-14H2,1H3,(H,27,30)/t18-,19+,20-,21-,22+,25+/m0/s1. The molecule has 3 heterocycles. The molecule has 0 aromatic heterocycles. The molecule has 1 spiro atoms. The predicted octanol–water partition coefficient (Wildman–Crippen LogP) is 2.38. The Hall–Kier alpha value is -2.43. The van der Waals surface area contributed by atoms with Crippen molar-refractivity contribution in [1.82, 2.24) is 10.2 Å². The molecule has 0 unspecified atom stereocenters. The number of amides is 2. The zero-order valence-electron chi connectivity index (χ0n) is 18.1. The number of hydrogen-bond donors (Lipinski definition) is 2. The molecule has 172 valence electrons. The maximum absolute atomic E-state index is 13.8. The lowest BCUT2D eigenvalue weighted by Gasteiger charge is -2.36. The molecule has 0 saturated carbocycles. The Labute approximate surface area is 205 Å². The number of nitrogens with zero attached hydrogens (tertiary/aromatic N) is 1. The monoisotopic (exact) mass is 560 g/mol. The van der Waals surface area contributed by atoms with Gasteiger partial charge >= 0.3 is 0 Å². The van der Waals surface area contributed by atoms with E-state index in [2.05, 4.69) is 27.9 Å². The lowest BCUT2D eigenvalue weighted by Crippen LogP contribution is -2.55. The molecule has 2 fully saturated rings. The molecule has 6 atom stereocenters. The summed E-state index contributed by atoms with van der Waals surface area (Å²) in [5, 5.41) is 13.4. The minimum atomic E-state index is -1.03. The quantitative estimate of drug-likeness (QED) is 0.309. The molecule has 5 rings (SSSR count). The number of benzene rings is 2. The van der Waals surface area contributed by atoms with Gasteiger partial charge in [0, 0.05) is 6.54 Å². The molecule has 2 aromatic rings. The second kappa shape index (κ2) is 8.73. The number of carbonyl (C=O) groups excluding carboxylic acids is 2. The van der Waals surface area contributed by atoms with E-state index < -0.39 is 23.6 Å². The van der Waals surface area contributed by atoms with Crippen molar-refractivity contribution < 1.29 is 24.2 Å². The Morgan fingerprint density at radius 1 is 1.24 bits per heavy atom. The van der Waals surface area contributed by atoms with Crippen molar-refractivity contribution in [3.63, 3.8) is 0 Å². The van der Waals surface area contributed by atoms with Crippen LogP contribution in [0.4, 0.5) is 0 Å². The highest BCUT2D eigenvalue weighted by Gasteiger charge is 2.71. The maximum atomic E-state index is 13.8. The fourth-order valence-corrected chi connectivity index (χ4v) is 6.49. The van der Waals surface area contributed by atoms with Gasteiger partial charge in [-0.15, -0.1) is 0 Å². The van der Waals surface area contributed by atoms with Crippen LogP contribution in [0.1, 0.15) is 17.2 Å². The Balaban J connectivity index is 1.51. The highest BCUT2D eigenvalue weighted by Crippen LogP contribution is 2.56. The smallest absolute Gasteiger partial charge is 0.246 e. The topological polar surface area (TPSA) is 88.1 Å². The number of likely N-dealkylation sites (tertiary alicyclic amines) is 1. The van der Waals surface area contributed by atoms with E-state index in [4.69, 9.17) is 9.47 Å². The highest BCUT2D eigenvalue weighted by atomic mass is 127. The fraction of sp³-hybridized carbons (Fsp3) is 0.360. The molecule has 2 N–H and O–H groups in total. The summed E-state index contributed by atoms with van der Waals surface area (Å²) < 4.78 is 11.5. The van der Waals surface area contributed by atoms with Crippen molar-refractivity contribution in [2.45, 2.75) is 34.3 Å². The molecule has 3 aliphatic rings. The number of ether oxygens (including phenoxy) is 2. The van der Waals surface area contributed by atoms with Crippen LogP contribution in [-0.2, 0) is 20.9 Å². The van der Waals surface area contributed by atoms with E-state index in [0.29, 0.717) is 12.3 Å². The maximum Gasteiger partial charge on any atom is 0.246 e. The number of methoxy groups -OCH3 is 1. The summed E-state index contributed by atoms with van der Waals surface area (Å²) in [6, 6.07) is 15.2. The van der Waals surface area contributed by atoms with Crippen molar-refractivity contribution in [3.05, 3.63) is 77.9 Å². The summed E-state index contributed by atoms with van der Waals surface area (Å²) in [5.41, 5.74) is 0.657. The third-order valence-corrected chi connectivity index (χ3v) is 8.23. The highest BCUT2D eigenvalue weighted by molar-refractivity contribution is 14.1. The summed E-state index contributed by atoms with van der Waals surface area (Å²) >= 11 is 2.25. The number of fused-ring (bicyclic) bond motifs is 1. The minimum absolute atomic E-state index is 0.0790. The second-order valence-corrected chi connectivity index (χ2v) is 9.98. The number of aliphatic hydroxyl groups excluding tert-OH is 1. The van der Waals surface area contributed by atoms with Gasteiger partial charge in [-0.3, -0.25) is 9.59 Å². The van der Waals surface area contributed by atoms with Gasteiger partial charge in [0.2, 0.25) is 11.8 Å². The second-order valence-electron chi connectivity index (χ2n) is 8.54. The summed E-state index contributed by atoms with van der Waals surface area (Å²) in [5.74, 6) is -0.269. The van der Waals surface area contributed by atoms with Crippen molar-refractivity contribution in [1.29, 1.82) is 0 Å². The van der Waals surface area contributed by atoms with Crippen LogP contribution in [0.25, 0.3) is 0 Å². The summed E-state index contributed by atoms with van der Waals surface area (Å²) in [6.45, 7) is 0.0223. The van der Waals surface area contributed by atoms with E-state index in [1.54, 1.807) is 19.2 Å². The van der Waals surface area contributed by atoms with Crippen LogP contribution in [0.15, 0.2) is 66.7 Å². The largest absolute Gasteiger partial charge is 0.497 e. The van der Waals surface area contributed by atoms with Crippen LogP contribution in [0.3, 0.4) is 0 Å². The lowest BCUT2D eigenvalue weighted by atomic mass is 9.81. The average molecular weight is 560 g/mol. The molecule has 0 radical (unpaired) electrons. The Morgan fingerprint density at radius 3 is 2.64 bits per heavy atom. The molecule has 2 amide bonds. The van der Waals surface area contributed by atoms with Gasteiger partial charge in [0.25, 0.3) is 0 Å². The zero-order chi connectivity index (χ0) is 23.2. The molecule has 3 aliphatic heterocycles. The van der Waals surface area contributed by atoms with E-state index in [9.17, 15) is 14.7 Å². The van der Waals surface area contributed by atoms with Gasteiger partial charge in [0.1, 0.15) is 17.4 Å². The van der Waals surface area contributed by atoms with E-state index in [-0.39, 0.29) is 28.4 Å². The Kier molecular flexibility index (Phi) is 5.92. The minimum Gasteiger partial charge on any atom is -0.497 e. The lowest BCUT2D eigenvalue weighted by molar-refractivity contribution is -0.142. The molecule has 33 heavy (non-hydrogen) atoms. The van der Waals surface area contributed by atoms with Crippen LogP contribution in [0.2, 0.25) is 0 Å². The van der Waals surface area contributed by atoms with Crippen LogP contribution in [0.5, 0.6) is 5.75 Å². The van der Waals surface area contributed by atoms with Crippen LogP contribution in [0, 0.1) is 5.92 Å². The van der Waals surface area contributed by atoms with Crippen molar-refractivity contribution >= 4 is 34.4 Å². The van der Waals surface area contributed by atoms with Crippen LogP contribution in [-0.4, -0.2) is 57.2 Å². The number of hydrogen-bond acceptors (Lipinski definition) is 5. The van der Waals surface area contributed by atoms with E-state index in [1.807, 2.05) is 54.6 Å². The molecule has 2 bridgehead atoms. The molecule has 7 nitrogen and oxygen atoms in total.